The summed E-state index contributed by atoms with van der Waals surface area (Å²) in [5.41, 5.74) is 1.03. The summed E-state index contributed by atoms with van der Waals surface area (Å²) in [6.45, 7) is 0. The molecule has 16 heavy (non-hydrogen) atoms. The number of ketones is 1. The number of alkyl halides is 1. The fourth-order valence-electron chi connectivity index (χ4n) is 1.21. The van der Waals surface area contributed by atoms with Gasteiger partial charge in [-0.25, -0.2) is 4.79 Å². The fraction of sp³-hybridized carbons (Fsp3) is 0.273. The van der Waals surface area contributed by atoms with Crippen LogP contribution in [0.15, 0.2) is 18.2 Å². The monoisotopic (exact) mass is 304 g/mol. The highest BCUT2D eigenvalue weighted by molar-refractivity contribution is 9.09. The van der Waals surface area contributed by atoms with E-state index >= 15 is 0 Å². The Bertz CT molecular complexity index is 418. The molecule has 1 aromatic rings. The van der Waals surface area contributed by atoms with Gasteiger partial charge in [0.05, 0.1) is 18.0 Å². The first-order valence-electron chi connectivity index (χ1n) is 4.53. The molecule has 0 heterocycles. The third kappa shape index (κ3) is 3.32. The molecule has 0 atom stereocenters. The first kappa shape index (κ1) is 13.2. The maximum absolute atomic E-state index is 11.3. The van der Waals surface area contributed by atoms with E-state index in [9.17, 15) is 9.59 Å². The number of halogens is 2. The van der Waals surface area contributed by atoms with Gasteiger partial charge in [-0.05, 0) is 23.8 Å². The summed E-state index contributed by atoms with van der Waals surface area (Å²) in [5.74, 6) is -0.437. The summed E-state index contributed by atoms with van der Waals surface area (Å²) in [6.07, 6.45) is 0.203. The number of carbonyl (C=O) groups is 2. The van der Waals surface area contributed by atoms with Crippen molar-refractivity contribution in [3.05, 3.63) is 34.3 Å². The SMILES string of the molecule is COC(=O)c1ccc(Cl)c(CC(=O)CBr)c1. The van der Waals surface area contributed by atoms with Crippen LogP contribution in [0.1, 0.15) is 15.9 Å². The lowest BCUT2D eigenvalue weighted by Crippen LogP contribution is -2.07. The Morgan fingerprint density at radius 1 is 1.44 bits per heavy atom. The van der Waals surface area contributed by atoms with Gasteiger partial charge in [-0.15, -0.1) is 0 Å². The van der Waals surface area contributed by atoms with Gasteiger partial charge in [0.15, 0.2) is 0 Å². The first-order valence-corrected chi connectivity index (χ1v) is 6.02. The molecule has 1 aromatic carbocycles. The highest BCUT2D eigenvalue weighted by Gasteiger charge is 2.11. The molecule has 1 rings (SSSR count). The average molecular weight is 306 g/mol. The summed E-state index contributed by atoms with van der Waals surface area (Å²) in [6, 6.07) is 4.73. The molecule has 0 bridgehead atoms. The summed E-state index contributed by atoms with van der Waals surface area (Å²) < 4.78 is 4.59. The van der Waals surface area contributed by atoms with Gasteiger partial charge in [0.1, 0.15) is 5.78 Å². The minimum Gasteiger partial charge on any atom is -0.465 e. The zero-order valence-electron chi connectivity index (χ0n) is 8.63. The summed E-state index contributed by atoms with van der Waals surface area (Å²) in [4.78, 5) is 22.5. The zero-order chi connectivity index (χ0) is 12.1. The second-order valence-corrected chi connectivity index (χ2v) is 4.11. The molecule has 86 valence electrons. The van der Waals surface area contributed by atoms with Crippen LogP contribution in [0, 0.1) is 0 Å². The molecule has 0 aliphatic rings. The topological polar surface area (TPSA) is 43.4 Å². The standard InChI is InChI=1S/C11H10BrClO3/c1-16-11(15)7-2-3-10(13)8(4-7)5-9(14)6-12/h2-4H,5-6H2,1H3. The van der Waals surface area contributed by atoms with Crippen LogP contribution in [0.3, 0.4) is 0 Å². The fourth-order valence-corrected chi connectivity index (χ4v) is 1.60. The lowest BCUT2D eigenvalue weighted by atomic mass is 10.1. The van der Waals surface area contributed by atoms with E-state index < -0.39 is 5.97 Å². The van der Waals surface area contributed by atoms with E-state index in [0.717, 1.165) is 0 Å². The number of hydrogen-bond acceptors (Lipinski definition) is 3. The Hall–Kier alpha value is -0.870. The minimum atomic E-state index is -0.441. The van der Waals surface area contributed by atoms with Gasteiger partial charge in [0, 0.05) is 11.4 Å². The Morgan fingerprint density at radius 2 is 2.12 bits per heavy atom. The van der Waals surface area contributed by atoms with Crippen molar-refractivity contribution in [2.75, 3.05) is 12.4 Å². The van der Waals surface area contributed by atoms with Crippen LogP contribution >= 0.6 is 27.5 Å². The predicted molar refractivity (Wildman–Crippen MR) is 65.3 cm³/mol. The molecule has 3 nitrogen and oxygen atoms in total. The van der Waals surface area contributed by atoms with Gasteiger partial charge >= 0.3 is 5.97 Å². The molecule has 0 saturated heterocycles. The van der Waals surface area contributed by atoms with Crippen LogP contribution in [-0.2, 0) is 16.0 Å². The number of hydrogen-bond donors (Lipinski definition) is 0. The highest BCUT2D eigenvalue weighted by atomic mass is 79.9. The number of Topliss-reactive ketones (excluding diaryl/α,β-unsaturated/α-hetero) is 1. The van der Waals surface area contributed by atoms with Crippen molar-refractivity contribution < 1.29 is 14.3 Å². The molecule has 0 amide bonds. The Balaban J connectivity index is 2.99. The van der Waals surface area contributed by atoms with Crippen molar-refractivity contribution in [2.24, 2.45) is 0 Å². The van der Waals surface area contributed by atoms with Crippen LogP contribution in [0.25, 0.3) is 0 Å². The van der Waals surface area contributed by atoms with Crippen LogP contribution in [-0.4, -0.2) is 24.2 Å². The average Bonchev–Trinajstić information content (AvgIpc) is 2.30. The number of benzene rings is 1. The molecule has 0 aromatic heterocycles. The van der Waals surface area contributed by atoms with E-state index in [1.807, 2.05) is 0 Å². The number of esters is 1. The van der Waals surface area contributed by atoms with E-state index in [0.29, 0.717) is 16.1 Å². The van der Waals surface area contributed by atoms with Crippen molar-refractivity contribution >= 4 is 39.3 Å². The van der Waals surface area contributed by atoms with Crippen molar-refractivity contribution in [1.29, 1.82) is 0 Å². The Morgan fingerprint density at radius 3 is 2.69 bits per heavy atom. The van der Waals surface area contributed by atoms with E-state index in [1.54, 1.807) is 18.2 Å². The zero-order valence-corrected chi connectivity index (χ0v) is 11.0. The number of ether oxygens (including phenoxy) is 1. The van der Waals surface area contributed by atoms with Gasteiger partial charge < -0.3 is 4.74 Å². The van der Waals surface area contributed by atoms with Gasteiger partial charge in [0.2, 0.25) is 0 Å². The van der Waals surface area contributed by atoms with Crippen molar-refractivity contribution in [1.82, 2.24) is 0 Å². The lowest BCUT2D eigenvalue weighted by molar-refractivity contribution is -0.115. The quantitative estimate of drug-likeness (QED) is 0.634. The van der Waals surface area contributed by atoms with Crippen LogP contribution < -0.4 is 0 Å². The highest BCUT2D eigenvalue weighted by Crippen LogP contribution is 2.19. The van der Waals surface area contributed by atoms with Crippen LogP contribution in [0.4, 0.5) is 0 Å². The lowest BCUT2D eigenvalue weighted by Gasteiger charge is -2.05. The molecule has 0 saturated carbocycles. The van der Waals surface area contributed by atoms with Gasteiger partial charge in [-0.1, -0.05) is 27.5 Å². The smallest absolute Gasteiger partial charge is 0.337 e. The maximum Gasteiger partial charge on any atom is 0.337 e. The molecule has 0 unspecified atom stereocenters. The van der Waals surface area contributed by atoms with E-state index in [2.05, 4.69) is 20.7 Å². The third-order valence-electron chi connectivity index (χ3n) is 2.00. The number of methoxy groups -OCH3 is 1. The second kappa shape index (κ2) is 6.01. The maximum atomic E-state index is 11.3. The largest absolute Gasteiger partial charge is 0.465 e. The molecule has 0 N–H and O–H groups in total. The minimum absolute atomic E-state index is 0.00363. The van der Waals surface area contributed by atoms with E-state index in [-0.39, 0.29) is 17.5 Å². The number of rotatable bonds is 4. The van der Waals surface area contributed by atoms with Crippen molar-refractivity contribution in [3.8, 4) is 0 Å². The summed E-state index contributed by atoms with van der Waals surface area (Å²) in [7, 11) is 1.31. The summed E-state index contributed by atoms with van der Waals surface area (Å²) >= 11 is 9.00. The van der Waals surface area contributed by atoms with Crippen molar-refractivity contribution in [3.63, 3.8) is 0 Å². The Kier molecular flexibility index (Phi) is 4.96. The summed E-state index contributed by atoms with van der Waals surface area (Å²) in [5, 5.41) is 0.744. The molecule has 0 aliphatic heterocycles. The van der Waals surface area contributed by atoms with Crippen LogP contribution in [0.2, 0.25) is 5.02 Å². The predicted octanol–water partition coefficient (Wildman–Crippen LogP) is 2.63. The van der Waals surface area contributed by atoms with E-state index in [4.69, 9.17) is 11.6 Å². The van der Waals surface area contributed by atoms with Crippen LogP contribution in [0.5, 0.6) is 0 Å². The third-order valence-corrected chi connectivity index (χ3v) is 3.00. The molecule has 0 spiro atoms. The Labute approximate surface area is 107 Å². The number of carbonyl (C=O) groups excluding carboxylic acids is 2. The first-order chi connectivity index (χ1) is 7.58. The molecule has 0 aliphatic carbocycles. The molecular weight excluding hydrogens is 295 g/mol. The van der Waals surface area contributed by atoms with Gasteiger partial charge in [-0.3, -0.25) is 4.79 Å². The molecule has 5 heteroatoms. The van der Waals surface area contributed by atoms with Gasteiger partial charge in [-0.2, -0.15) is 0 Å². The van der Waals surface area contributed by atoms with E-state index in [1.165, 1.54) is 7.11 Å². The normalized spacial score (nSPS) is 9.94. The van der Waals surface area contributed by atoms with Gasteiger partial charge in [0.25, 0.3) is 0 Å². The molecule has 0 radical (unpaired) electrons. The second-order valence-electron chi connectivity index (χ2n) is 3.15. The molecule has 0 fully saturated rings. The molecular formula is C11H10BrClO3. The van der Waals surface area contributed by atoms with Crippen molar-refractivity contribution in [2.45, 2.75) is 6.42 Å².